The third-order valence-corrected chi connectivity index (χ3v) is 9.56. The molecule has 9 heteroatoms. The van der Waals surface area contributed by atoms with Crippen LogP contribution in [0, 0.1) is 22.6 Å². The lowest BCUT2D eigenvalue weighted by molar-refractivity contribution is -0.144. The Morgan fingerprint density at radius 2 is 1.91 bits per heavy atom. The summed E-state index contributed by atoms with van der Waals surface area (Å²) in [4.78, 5) is 31.5. The molecular weight excluding hydrogens is 469 g/mol. The molecule has 0 aliphatic heterocycles. The van der Waals surface area contributed by atoms with Gasteiger partial charge in [-0.3, -0.25) is 14.9 Å². The van der Waals surface area contributed by atoms with Crippen LogP contribution in [0.1, 0.15) is 72.8 Å². The van der Waals surface area contributed by atoms with Crippen LogP contribution in [0.5, 0.6) is 0 Å². The van der Waals surface area contributed by atoms with E-state index in [4.69, 9.17) is 4.98 Å². The molecule has 5 rings (SSSR count). The zero-order chi connectivity index (χ0) is 25.0. The first-order valence-electron chi connectivity index (χ1n) is 12.3. The Labute approximate surface area is 208 Å². The fourth-order valence-corrected chi connectivity index (χ4v) is 7.23. The van der Waals surface area contributed by atoms with Gasteiger partial charge in [-0.1, -0.05) is 13.8 Å². The van der Waals surface area contributed by atoms with E-state index in [0.717, 1.165) is 29.8 Å². The van der Waals surface area contributed by atoms with Crippen LogP contribution in [0.25, 0.3) is 0 Å². The molecule has 2 fully saturated rings. The number of benzene rings is 1. The number of halogens is 1. The molecule has 0 saturated heterocycles. The van der Waals surface area contributed by atoms with E-state index in [0.29, 0.717) is 23.5 Å². The average molecular weight is 502 g/mol. The van der Waals surface area contributed by atoms with Crippen molar-refractivity contribution in [2.24, 2.45) is 16.7 Å². The van der Waals surface area contributed by atoms with Gasteiger partial charge in [0.15, 0.2) is 5.13 Å². The molecule has 3 aliphatic rings. The number of thiazole rings is 1. The SMILES string of the molecule is C[C@]1(CO)[C@H]2Cc3sc(NC(=O)c4ccc(F)cc4)nc3[C@@H](CC(=O)NC3CC3)[C@]2(C)CC[C@H]1O. The summed E-state index contributed by atoms with van der Waals surface area (Å²) in [6.07, 6.45) is 3.56. The van der Waals surface area contributed by atoms with E-state index >= 15 is 0 Å². The lowest BCUT2D eigenvalue weighted by atomic mass is 9.47. The molecule has 0 bridgehead atoms. The van der Waals surface area contributed by atoms with Crippen molar-refractivity contribution in [3.05, 3.63) is 46.2 Å². The van der Waals surface area contributed by atoms with Crippen LogP contribution < -0.4 is 10.6 Å². The summed E-state index contributed by atoms with van der Waals surface area (Å²) in [5, 5.41) is 27.6. The van der Waals surface area contributed by atoms with E-state index in [1.165, 1.54) is 35.6 Å². The van der Waals surface area contributed by atoms with Crippen molar-refractivity contribution in [2.75, 3.05) is 11.9 Å². The minimum Gasteiger partial charge on any atom is -0.396 e. The van der Waals surface area contributed by atoms with Crippen LogP contribution in [0.4, 0.5) is 9.52 Å². The number of anilines is 1. The smallest absolute Gasteiger partial charge is 0.257 e. The molecule has 188 valence electrons. The summed E-state index contributed by atoms with van der Waals surface area (Å²) in [6, 6.07) is 5.58. The summed E-state index contributed by atoms with van der Waals surface area (Å²) in [7, 11) is 0. The number of carbonyl (C=O) groups is 2. The van der Waals surface area contributed by atoms with Gasteiger partial charge < -0.3 is 15.5 Å². The fourth-order valence-electron chi connectivity index (χ4n) is 6.17. The Balaban J connectivity index is 1.48. The molecule has 3 aliphatic carbocycles. The van der Waals surface area contributed by atoms with Gasteiger partial charge in [0.05, 0.1) is 18.4 Å². The number of nitrogens with one attached hydrogen (secondary N) is 2. The van der Waals surface area contributed by atoms with E-state index in [-0.39, 0.29) is 48.1 Å². The summed E-state index contributed by atoms with van der Waals surface area (Å²) in [5.74, 6) is -1.04. The molecule has 4 N–H and O–H groups in total. The third-order valence-electron chi connectivity index (χ3n) is 8.55. The molecule has 1 aromatic heterocycles. The molecule has 7 nitrogen and oxygen atoms in total. The Hall–Kier alpha value is -2.36. The zero-order valence-corrected chi connectivity index (χ0v) is 20.8. The predicted molar refractivity (Wildman–Crippen MR) is 131 cm³/mol. The minimum atomic E-state index is -0.697. The number of aliphatic hydroxyl groups excluding tert-OH is 2. The highest BCUT2D eigenvalue weighted by Gasteiger charge is 2.59. The standard InChI is InChI=1S/C26H32FN3O4S/c1-25-10-9-20(32)26(2,13-31)19(25)12-18-22(17(25)11-21(33)28-16-7-8-16)29-24(35-18)30-23(34)14-3-5-15(27)6-4-14/h3-6,16-17,19-20,31-32H,7-13H2,1-2H3,(H,28,33)(H,29,30,34)/t17-,19+,20-,25+,26+/m1/s1. The molecule has 0 spiro atoms. The van der Waals surface area contributed by atoms with Gasteiger partial charge >= 0.3 is 0 Å². The van der Waals surface area contributed by atoms with Crippen LogP contribution >= 0.6 is 11.3 Å². The van der Waals surface area contributed by atoms with Crippen LogP contribution in [-0.2, 0) is 11.2 Å². The Morgan fingerprint density at radius 1 is 1.20 bits per heavy atom. The van der Waals surface area contributed by atoms with Gasteiger partial charge in [-0.2, -0.15) is 0 Å². The first-order chi connectivity index (χ1) is 16.6. The molecule has 2 amide bonds. The normalized spacial score (nSPS) is 31.9. The highest BCUT2D eigenvalue weighted by molar-refractivity contribution is 7.15. The molecule has 5 atom stereocenters. The van der Waals surface area contributed by atoms with E-state index < -0.39 is 17.3 Å². The number of hydrogen-bond acceptors (Lipinski definition) is 6. The van der Waals surface area contributed by atoms with Crippen molar-refractivity contribution < 1.29 is 24.2 Å². The van der Waals surface area contributed by atoms with Gasteiger partial charge in [0.2, 0.25) is 5.91 Å². The molecular formula is C26H32FN3O4S. The largest absolute Gasteiger partial charge is 0.396 e. The Bertz CT molecular complexity index is 1130. The van der Waals surface area contributed by atoms with E-state index in [1.54, 1.807) is 0 Å². The number of hydrogen-bond donors (Lipinski definition) is 4. The van der Waals surface area contributed by atoms with Gasteiger partial charge in [0, 0.05) is 34.2 Å². The van der Waals surface area contributed by atoms with Gasteiger partial charge in [0.25, 0.3) is 5.91 Å². The summed E-state index contributed by atoms with van der Waals surface area (Å²) >= 11 is 1.37. The predicted octanol–water partition coefficient (Wildman–Crippen LogP) is 3.62. The maximum atomic E-state index is 13.3. The maximum absolute atomic E-state index is 13.3. The maximum Gasteiger partial charge on any atom is 0.257 e. The number of fused-ring (bicyclic) bond motifs is 2. The number of carbonyl (C=O) groups excluding carboxylic acids is 2. The second-order valence-corrected chi connectivity index (χ2v) is 12.0. The van der Waals surface area contributed by atoms with Crippen LogP contribution in [0.3, 0.4) is 0 Å². The lowest BCUT2D eigenvalue weighted by Crippen LogP contribution is -2.57. The molecule has 2 aromatic rings. The zero-order valence-electron chi connectivity index (χ0n) is 20.0. The van der Waals surface area contributed by atoms with E-state index in [9.17, 15) is 24.2 Å². The molecule has 2 saturated carbocycles. The number of aromatic nitrogens is 1. The molecule has 1 heterocycles. The number of aliphatic hydroxyl groups is 2. The average Bonchev–Trinajstić information content (AvgIpc) is 3.55. The molecule has 0 radical (unpaired) electrons. The van der Waals surface area contributed by atoms with Gasteiger partial charge in [-0.25, -0.2) is 9.37 Å². The summed E-state index contributed by atoms with van der Waals surface area (Å²) in [5.41, 5.74) is 0.122. The lowest BCUT2D eigenvalue weighted by Gasteiger charge is -2.58. The monoisotopic (exact) mass is 501 g/mol. The van der Waals surface area contributed by atoms with Gasteiger partial charge in [0.1, 0.15) is 5.82 Å². The summed E-state index contributed by atoms with van der Waals surface area (Å²) in [6.45, 7) is 3.95. The number of rotatable bonds is 6. The Kier molecular flexibility index (Phi) is 6.22. The number of nitrogens with zero attached hydrogens (tertiary/aromatic N) is 1. The first-order valence-corrected chi connectivity index (χ1v) is 13.1. The molecule has 0 unspecified atom stereocenters. The second-order valence-electron chi connectivity index (χ2n) is 10.9. The second kappa shape index (κ2) is 8.94. The van der Waals surface area contributed by atoms with Crippen LogP contribution in [-0.4, -0.2) is 45.8 Å². The van der Waals surface area contributed by atoms with Crippen LogP contribution in [0.15, 0.2) is 24.3 Å². The van der Waals surface area contributed by atoms with Crippen molar-refractivity contribution >= 4 is 28.3 Å². The van der Waals surface area contributed by atoms with Gasteiger partial charge in [-0.15, -0.1) is 11.3 Å². The highest BCUT2D eigenvalue weighted by atomic mass is 32.1. The minimum absolute atomic E-state index is 0.00736. The Morgan fingerprint density at radius 3 is 2.57 bits per heavy atom. The van der Waals surface area contributed by atoms with Crippen molar-refractivity contribution in [1.29, 1.82) is 0 Å². The van der Waals surface area contributed by atoms with E-state index in [1.807, 2.05) is 6.92 Å². The number of amides is 2. The fraction of sp³-hybridized carbons (Fsp3) is 0.577. The summed E-state index contributed by atoms with van der Waals surface area (Å²) < 4.78 is 13.3. The third kappa shape index (κ3) is 4.38. The van der Waals surface area contributed by atoms with Crippen molar-refractivity contribution in [2.45, 2.75) is 70.4 Å². The topological polar surface area (TPSA) is 112 Å². The van der Waals surface area contributed by atoms with Gasteiger partial charge in [-0.05, 0) is 67.7 Å². The van der Waals surface area contributed by atoms with Crippen molar-refractivity contribution in [3.8, 4) is 0 Å². The quantitative estimate of drug-likeness (QED) is 0.483. The van der Waals surface area contributed by atoms with Crippen molar-refractivity contribution in [1.82, 2.24) is 10.3 Å². The van der Waals surface area contributed by atoms with Crippen molar-refractivity contribution in [3.63, 3.8) is 0 Å². The molecule has 1 aromatic carbocycles. The highest BCUT2D eigenvalue weighted by Crippen LogP contribution is 2.62. The van der Waals surface area contributed by atoms with E-state index in [2.05, 4.69) is 17.6 Å². The van der Waals surface area contributed by atoms with Crippen LogP contribution in [0.2, 0.25) is 0 Å². The first kappa shape index (κ1) is 24.3. The molecule has 35 heavy (non-hydrogen) atoms.